The van der Waals surface area contributed by atoms with Crippen LogP contribution in [0, 0.1) is 0 Å². The fourth-order valence-corrected chi connectivity index (χ4v) is 2.68. The van der Waals surface area contributed by atoms with Gasteiger partial charge in [0.1, 0.15) is 0 Å². The maximum atomic E-state index is 12.0. The lowest BCUT2D eigenvalue weighted by Gasteiger charge is -2.14. The van der Waals surface area contributed by atoms with Gasteiger partial charge in [0.2, 0.25) is 5.91 Å². The number of rotatable bonds is 3. The van der Waals surface area contributed by atoms with Crippen LogP contribution in [0.3, 0.4) is 0 Å². The number of aromatic nitrogens is 1. The summed E-state index contributed by atoms with van der Waals surface area (Å²) in [6.45, 7) is 6.29. The molecule has 0 aliphatic carbocycles. The van der Waals surface area contributed by atoms with Gasteiger partial charge in [-0.1, -0.05) is 32.9 Å². The molecule has 106 valence electrons. The predicted molar refractivity (Wildman–Crippen MR) is 84.0 cm³/mol. The van der Waals surface area contributed by atoms with E-state index in [2.05, 4.69) is 31.1 Å². The lowest BCUT2D eigenvalue weighted by Crippen LogP contribution is -2.15. The van der Waals surface area contributed by atoms with Crippen molar-refractivity contribution in [3.05, 3.63) is 40.9 Å². The molecule has 1 heterocycles. The fourth-order valence-electron chi connectivity index (χ4n) is 1.73. The Morgan fingerprint density at radius 1 is 1.40 bits per heavy atom. The van der Waals surface area contributed by atoms with Gasteiger partial charge in [0.15, 0.2) is 5.13 Å². The molecule has 0 aliphatic heterocycles. The smallest absolute Gasteiger partial charge is 0.230 e. The molecule has 0 fully saturated rings. The second-order valence-corrected chi connectivity index (χ2v) is 6.62. The lowest BCUT2D eigenvalue weighted by atomic mass is 9.93. The standard InChI is InChI=1S/C15H19N3OS/c1-15(2,3)12-9-20-14(17-12)18-13(19)8-10-5-4-6-11(16)7-10/h4-7,9H,8,16H2,1-3H3,(H,17,18,19). The SMILES string of the molecule is CC(C)(C)c1csc(NC(=O)Cc2cccc(N)c2)n1. The minimum absolute atomic E-state index is 0.00659. The minimum atomic E-state index is -0.0783. The van der Waals surface area contributed by atoms with Crippen molar-refractivity contribution in [2.75, 3.05) is 11.1 Å². The highest BCUT2D eigenvalue weighted by Gasteiger charge is 2.18. The van der Waals surface area contributed by atoms with Crippen molar-refractivity contribution in [1.29, 1.82) is 0 Å². The van der Waals surface area contributed by atoms with Crippen LogP contribution in [0.4, 0.5) is 10.8 Å². The highest BCUT2D eigenvalue weighted by molar-refractivity contribution is 7.13. The Balaban J connectivity index is 2.00. The molecular weight excluding hydrogens is 270 g/mol. The maximum Gasteiger partial charge on any atom is 0.230 e. The van der Waals surface area contributed by atoms with E-state index in [9.17, 15) is 4.79 Å². The number of nitrogen functional groups attached to an aromatic ring is 1. The first-order chi connectivity index (χ1) is 9.34. The van der Waals surface area contributed by atoms with Gasteiger partial charge in [-0.2, -0.15) is 0 Å². The molecule has 0 spiro atoms. The van der Waals surface area contributed by atoms with Gasteiger partial charge in [-0.15, -0.1) is 11.3 Å². The van der Waals surface area contributed by atoms with E-state index in [4.69, 9.17) is 5.73 Å². The van der Waals surface area contributed by atoms with E-state index < -0.39 is 0 Å². The zero-order valence-corrected chi connectivity index (χ0v) is 12.8. The largest absolute Gasteiger partial charge is 0.399 e. The monoisotopic (exact) mass is 289 g/mol. The van der Waals surface area contributed by atoms with Crippen LogP contribution in [0.15, 0.2) is 29.6 Å². The number of carbonyl (C=O) groups excluding carboxylic acids is 1. The second kappa shape index (κ2) is 5.63. The third-order valence-corrected chi connectivity index (χ3v) is 3.59. The molecule has 0 saturated heterocycles. The van der Waals surface area contributed by atoms with E-state index in [-0.39, 0.29) is 11.3 Å². The van der Waals surface area contributed by atoms with Crippen LogP contribution < -0.4 is 11.1 Å². The Bertz CT molecular complexity index is 614. The third-order valence-electron chi connectivity index (χ3n) is 2.83. The van der Waals surface area contributed by atoms with Crippen molar-refractivity contribution < 1.29 is 4.79 Å². The average molecular weight is 289 g/mol. The Kier molecular flexibility index (Phi) is 4.09. The minimum Gasteiger partial charge on any atom is -0.399 e. The Morgan fingerprint density at radius 2 is 2.15 bits per heavy atom. The average Bonchev–Trinajstić information content (AvgIpc) is 2.76. The summed E-state index contributed by atoms with van der Waals surface area (Å²) in [6.07, 6.45) is 0.301. The molecule has 4 nitrogen and oxygen atoms in total. The summed E-state index contributed by atoms with van der Waals surface area (Å²) in [6, 6.07) is 7.34. The second-order valence-electron chi connectivity index (χ2n) is 5.76. The number of benzene rings is 1. The molecule has 1 amide bonds. The summed E-state index contributed by atoms with van der Waals surface area (Å²) in [5, 5.41) is 5.45. The van der Waals surface area contributed by atoms with Gasteiger partial charge in [-0.05, 0) is 17.7 Å². The summed E-state index contributed by atoms with van der Waals surface area (Å²) < 4.78 is 0. The summed E-state index contributed by atoms with van der Waals surface area (Å²) in [5.74, 6) is -0.0783. The van der Waals surface area contributed by atoms with Crippen molar-refractivity contribution in [2.45, 2.75) is 32.6 Å². The summed E-state index contributed by atoms with van der Waals surface area (Å²) in [5.41, 5.74) is 8.24. The highest BCUT2D eigenvalue weighted by atomic mass is 32.1. The highest BCUT2D eigenvalue weighted by Crippen LogP contribution is 2.26. The van der Waals surface area contributed by atoms with Crippen LogP contribution in [0.1, 0.15) is 32.0 Å². The molecule has 5 heteroatoms. The summed E-state index contributed by atoms with van der Waals surface area (Å²) in [4.78, 5) is 16.4. The van der Waals surface area contributed by atoms with Crippen molar-refractivity contribution in [3.63, 3.8) is 0 Å². The van der Waals surface area contributed by atoms with E-state index >= 15 is 0 Å². The Labute approximate surface area is 123 Å². The van der Waals surface area contributed by atoms with Crippen LogP contribution in [-0.4, -0.2) is 10.9 Å². The normalized spacial score (nSPS) is 11.3. The molecule has 3 N–H and O–H groups in total. The molecule has 20 heavy (non-hydrogen) atoms. The van der Waals surface area contributed by atoms with Crippen LogP contribution in [-0.2, 0) is 16.6 Å². The molecule has 0 atom stereocenters. The number of carbonyl (C=O) groups is 1. The number of hydrogen-bond acceptors (Lipinski definition) is 4. The summed E-state index contributed by atoms with van der Waals surface area (Å²) >= 11 is 1.45. The van der Waals surface area contributed by atoms with E-state index in [1.165, 1.54) is 11.3 Å². The number of nitrogens with one attached hydrogen (secondary N) is 1. The van der Waals surface area contributed by atoms with Crippen LogP contribution in [0.25, 0.3) is 0 Å². The zero-order chi connectivity index (χ0) is 14.8. The maximum absolute atomic E-state index is 12.0. The number of amides is 1. The van der Waals surface area contributed by atoms with Gasteiger partial charge >= 0.3 is 0 Å². The Hall–Kier alpha value is -1.88. The molecular formula is C15H19N3OS. The molecule has 2 rings (SSSR count). The van der Waals surface area contributed by atoms with Gasteiger partial charge in [0.05, 0.1) is 12.1 Å². The first kappa shape index (κ1) is 14.5. The van der Waals surface area contributed by atoms with E-state index in [1.807, 2.05) is 23.6 Å². The van der Waals surface area contributed by atoms with Gasteiger partial charge < -0.3 is 11.1 Å². The fraction of sp³-hybridized carbons (Fsp3) is 0.333. The topological polar surface area (TPSA) is 68.0 Å². The molecule has 0 saturated carbocycles. The number of nitrogens with two attached hydrogens (primary N) is 1. The van der Waals surface area contributed by atoms with Crippen LogP contribution >= 0.6 is 11.3 Å². The van der Waals surface area contributed by atoms with Crippen molar-refractivity contribution >= 4 is 28.1 Å². The predicted octanol–water partition coefficient (Wildman–Crippen LogP) is 3.20. The van der Waals surface area contributed by atoms with Crippen molar-refractivity contribution in [2.24, 2.45) is 0 Å². The number of hydrogen-bond donors (Lipinski definition) is 2. The molecule has 0 aliphatic rings. The van der Waals surface area contributed by atoms with Crippen molar-refractivity contribution in [1.82, 2.24) is 4.98 Å². The molecule has 0 unspecified atom stereocenters. The van der Waals surface area contributed by atoms with E-state index in [1.54, 1.807) is 6.07 Å². The molecule has 1 aromatic carbocycles. The third kappa shape index (κ3) is 3.81. The first-order valence-electron chi connectivity index (χ1n) is 6.45. The van der Waals surface area contributed by atoms with Gasteiger partial charge in [-0.3, -0.25) is 4.79 Å². The number of anilines is 2. The summed E-state index contributed by atoms with van der Waals surface area (Å²) in [7, 11) is 0. The molecule has 1 aromatic heterocycles. The lowest BCUT2D eigenvalue weighted by molar-refractivity contribution is -0.115. The zero-order valence-electron chi connectivity index (χ0n) is 11.9. The Morgan fingerprint density at radius 3 is 2.75 bits per heavy atom. The van der Waals surface area contributed by atoms with Crippen LogP contribution in [0.2, 0.25) is 0 Å². The van der Waals surface area contributed by atoms with E-state index in [0.29, 0.717) is 17.2 Å². The molecule has 0 radical (unpaired) electrons. The van der Waals surface area contributed by atoms with E-state index in [0.717, 1.165) is 11.3 Å². The molecule has 2 aromatic rings. The number of thiazole rings is 1. The van der Waals surface area contributed by atoms with Crippen LogP contribution in [0.5, 0.6) is 0 Å². The van der Waals surface area contributed by atoms with Gasteiger partial charge in [0, 0.05) is 16.5 Å². The van der Waals surface area contributed by atoms with Gasteiger partial charge in [-0.25, -0.2) is 4.98 Å². The van der Waals surface area contributed by atoms with Crippen molar-refractivity contribution in [3.8, 4) is 0 Å². The first-order valence-corrected chi connectivity index (χ1v) is 7.33. The quantitative estimate of drug-likeness (QED) is 0.853. The van der Waals surface area contributed by atoms with Gasteiger partial charge in [0.25, 0.3) is 0 Å². The molecule has 0 bridgehead atoms. The number of nitrogens with zero attached hydrogens (tertiary/aromatic N) is 1.